The van der Waals surface area contributed by atoms with Gasteiger partial charge in [0, 0.05) is 37.4 Å². The molecule has 2 aliphatic heterocycles. The second-order valence-corrected chi connectivity index (χ2v) is 10.1. The number of rotatable bonds is 6. The number of hydrogen-bond acceptors (Lipinski definition) is 5. The quantitative estimate of drug-likeness (QED) is 0.683. The lowest BCUT2D eigenvalue weighted by Crippen LogP contribution is -2.45. The van der Waals surface area contributed by atoms with Gasteiger partial charge >= 0.3 is 0 Å². The van der Waals surface area contributed by atoms with Crippen LogP contribution >= 0.6 is 0 Å². The Kier molecular flexibility index (Phi) is 7.23. The van der Waals surface area contributed by atoms with E-state index in [9.17, 15) is 9.59 Å². The van der Waals surface area contributed by atoms with E-state index in [4.69, 9.17) is 0 Å². The number of aromatic nitrogens is 3. The van der Waals surface area contributed by atoms with Crippen LogP contribution in [0.15, 0.2) is 30.6 Å². The summed E-state index contributed by atoms with van der Waals surface area (Å²) in [6, 6.07) is 6.23. The molecule has 5 rings (SSSR count). The van der Waals surface area contributed by atoms with E-state index in [0.29, 0.717) is 5.69 Å². The van der Waals surface area contributed by atoms with Gasteiger partial charge in [0.25, 0.3) is 5.91 Å². The first-order valence-electron chi connectivity index (χ1n) is 13.0. The maximum atomic E-state index is 13.6. The van der Waals surface area contributed by atoms with Gasteiger partial charge in [-0.25, -0.2) is 0 Å². The standard InChI is InChI=1S/C26H36N6O2/c33-25(28-21-5-1-2-6-21)23-17-22(29-30-23)24-7-3-4-14-32(24)26(34)20-10-15-31(16-11-20)18-19-8-12-27-13-9-19/h8-9,12-13,17,20-21,24H,1-7,10-11,14-16,18H2,(H,28,33)(H,29,30)/t24-/m1/s1. The largest absolute Gasteiger partial charge is 0.348 e. The first-order chi connectivity index (χ1) is 16.7. The normalized spacial score (nSPS) is 22.7. The number of hydrogen-bond donors (Lipinski definition) is 2. The summed E-state index contributed by atoms with van der Waals surface area (Å²) >= 11 is 0. The molecule has 2 N–H and O–H groups in total. The molecule has 1 aliphatic carbocycles. The smallest absolute Gasteiger partial charge is 0.271 e. The van der Waals surface area contributed by atoms with Gasteiger partial charge in [-0.15, -0.1) is 0 Å². The third-order valence-corrected chi connectivity index (χ3v) is 7.76. The van der Waals surface area contributed by atoms with E-state index in [-0.39, 0.29) is 29.8 Å². The highest BCUT2D eigenvalue weighted by atomic mass is 16.2. The zero-order chi connectivity index (χ0) is 23.3. The van der Waals surface area contributed by atoms with Crippen molar-refractivity contribution in [2.24, 2.45) is 5.92 Å². The molecule has 0 radical (unpaired) electrons. The predicted molar refractivity (Wildman–Crippen MR) is 129 cm³/mol. The number of H-pyrrole nitrogens is 1. The fraction of sp³-hybridized carbons (Fsp3) is 0.615. The number of carbonyl (C=O) groups excluding carboxylic acids is 2. The number of likely N-dealkylation sites (tertiary alicyclic amines) is 2. The van der Waals surface area contributed by atoms with E-state index in [0.717, 1.165) is 76.8 Å². The number of nitrogens with zero attached hydrogens (tertiary/aromatic N) is 4. The first-order valence-corrected chi connectivity index (χ1v) is 13.0. The molecule has 3 aliphatic rings. The summed E-state index contributed by atoms with van der Waals surface area (Å²) in [4.78, 5) is 34.8. The highest BCUT2D eigenvalue weighted by Gasteiger charge is 2.35. The van der Waals surface area contributed by atoms with Crippen LogP contribution in [0.3, 0.4) is 0 Å². The van der Waals surface area contributed by atoms with Crippen LogP contribution in [-0.2, 0) is 11.3 Å². The number of carbonyl (C=O) groups is 2. The fourth-order valence-corrected chi connectivity index (χ4v) is 5.79. The van der Waals surface area contributed by atoms with Crippen LogP contribution in [0.5, 0.6) is 0 Å². The Labute approximate surface area is 201 Å². The summed E-state index contributed by atoms with van der Waals surface area (Å²) < 4.78 is 0. The highest BCUT2D eigenvalue weighted by Crippen LogP contribution is 2.33. The number of piperidine rings is 2. The van der Waals surface area contributed by atoms with Crippen molar-refractivity contribution in [1.82, 2.24) is 30.3 Å². The van der Waals surface area contributed by atoms with E-state index in [2.05, 4.69) is 42.4 Å². The SMILES string of the molecule is O=C(NC1CCCC1)c1cc([C@H]2CCCCN2C(=O)C2CCN(Cc3ccncc3)CC2)[nH]n1. The molecule has 0 unspecified atom stereocenters. The lowest BCUT2D eigenvalue weighted by Gasteiger charge is -2.39. The van der Waals surface area contributed by atoms with Crippen molar-refractivity contribution < 1.29 is 9.59 Å². The van der Waals surface area contributed by atoms with E-state index in [1.54, 1.807) is 0 Å². The van der Waals surface area contributed by atoms with Gasteiger partial charge in [0.15, 0.2) is 0 Å². The van der Waals surface area contributed by atoms with Crippen LogP contribution in [0.1, 0.15) is 85.6 Å². The van der Waals surface area contributed by atoms with Gasteiger partial charge in [0.1, 0.15) is 5.69 Å². The second kappa shape index (κ2) is 10.7. The summed E-state index contributed by atoms with van der Waals surface area (Å²) in [5.41, 5.74) is 2.59. The van der Waals surface area contributed by atoms with E-state index < -0.39 is 0 Å². The van der Waals surface area contributed by atoms with Gasteiger partial charge in [-0.05, 0) is 81.8 Å². The first kappa shape index (κ1) is 23.0. The van der Waals surface area contributed by atoms with E-state index >= 15 is 0 Å². The van der Waals surface area contributed by atoms with Crippen molar-refractivity contribution in [1.29, 1.82) is 0 Å². The molecule has 8 heteroatoms. The zero-order valence-electron chi connectivity index (χ0n) is 19.9. The third-order valence-electron chi connectivity index (χ3n) is 7.76. The molecule has 34 heavy (non-hydrogen) atoms. The van der Waals surface area contributed by atoms with E-state index in [1.165, 1.54) is 18.4 Å². The second-order valence-electron chi connectivity index (χ2n) is 10.1. The van der Waals surface area contributed by atoms with Crippen molar-refractivity contribution >= 4 is 11.8 Å². The van der Waals surface area contributed by atoms with Crippen LogP contribution < -0.4 is 5.32 Å². The van der Waals surface area contributed by atoms with Gasteiger partial charge in [-0.3, -0.25) is 24.6 Å². The number of pyridine rings is 1. The Morgan fingerprint density at radius 3 is 2.47 bits per heavy atom. The minimum absolute atomic E-state index is 0.0170. The molecule has 2 saturated heterocycles. The monoisotopic (exact) mass is 464 g/mol. The molecule has 2 aromatic heterocycles. The maximum Gasteiger partial charge on any atom is 0.271 e. The molecule has 8 nitrogen and oxygen atoms in total. The minimum Gasteiger partial charge on any atom is -0.348 e. The lowest BCUT2D eigenvalue weighted by atomic mass is 9.91. The molecule has 0 bridgehead atoms. The summed E-state index contributed by atoms with van der Waals surface area (Å²) in [6.45, 7) is 3.57. The van der Waals surface area contributed by atoms with Crippen molar-refractivity contribution in [3.05, 3.63) is 47.5 Å². The Morgan fingerprint density at radius 1 is 0.971 bits per heavy atom. The molecule has 0 spiro atoms. The molecule has 0 aromatic carbocycles. The molecule has 2 amide bonds. The molecule has 2 aromatic rings. The highest BCUT2D eigenvalue weighted by molar-refractivity contribution is 5.92. The van der Waals surface area contributed by atoms with Gasteiger partial charge in [-0.1, -0.05) is 12.8 Å². The number of aromatic amines is 1. The van der Waals surface area contributed by atoms with Crippen LogP contribution in [0.2, 0.25) is 0 Å². The summed E-state index contributed by atoms with van der Waals surface area (Å²) in [5, 5.41) is 10.5. The summed E-state index contributed by atoms with van der Waals surface area (Å²) in [7, 11) is 0. The average molecular weight is 465 g/mol. The van der Waals surface area contributed by atoms with Crippen LogP contribution in [-0.4, -0.2) is 62.5 Å². The Morgan fingerprint density at radius 2 is 1.71 bits per heavy atom. The molecule has 3 fully saturated rings. The summed E-state index contributed by atoms with van der Waals surface area (Å²) in [5.74, 6) is 0.229. The molecule has 1 saturated carbocycles. The van der Waals surface area contributed by atoms with Gasteiger partial charge in [-0.2, -0.15) is 5.10 Å². The lowest BCUT2D eigenvalue weighted by molar-refractivity contribution is -0.141. The van der Waals surface area contributed by atoms with Crippen molar-refractivity contribution in [3.8, 4) is 0 Å². The molecular formula is C26H36N6O2. The number of nitrogens with one attached hydrogen (secondary N) is 2. The van der Waals surface area contributed by atoms with Gasteiger partial charge in [0.2, 0.25) is 5.91 Å². The van der Waals surface area contributed by atoms with Gasteiger partial charge < -0.3 is 10.2 Å². The minimum atomic E-state index is -0.107. The van der Waals surface area contributed by atoms with Crippen molar-refractivity contribution in [3.63, 3.8) is 0 Å². The fourth-order valence-electron chi connectivity index (χ4n) is 5.79. The van der Waals surface area contributed by atoms with Crippen molar-refractivity contribution in [2.75, 3.05) is 19.6 Å². The van der Waals surface area contributed by atoms with Gasteiger partial charge in [0.05, 0.1) is 11.7 Å². The maximum absolute atomic E-state index is 13.6. The topological polar surface area (TPSA) is 94.2 Å². The van der Waals surface area contributed by atoms with Crippen molar-refractivity contribution in [2.45, 2.75) is 76.4 Å². The number of amides is 2. The molecular weight excluding hydrogens is 428 g/mol. The van der Waals surface area contributed by atoms with E-state index in [1.807, 2.05) is 18.5 Å². The zero-order valence-corrected chi connectivity index (χ0v) is 19.9. The average Bonchev–Trinajstić information content (AvgIpc) is 3.57. The summed E-state index contributed by atoms with van der Waals surface area (Å²) in [6.07, 6.45) is 13.0. The molecule has 182 valence electrons. The Balaban J connectivity index is 1.19. The molecule has 1 atom stereocenters. The van der Waals surface area contributed by atoms with Crippen LogP contribution in [0.4, 0.5) is 0 Å². The Bertz CT molecular complexity index is 963. The predicted octanol–water partition coefficient (Wildman–Crippen LogP) is 3.44. The van der Waals surface area contributed by atoms with Crippen LogP contribution in [0.25, 0.3) is 0 Å². The molecule has 4 heterocycles. The van der Waals surface area contributed by atoms with Crippen LogP contribution in [0, 0.1) is 5.92 Å². The Hall–Kier alpha value is -2.74. The third kappa shape index (κ3) is 5.32.